The normalized spacial score (nSPS) is 11.6. The Kier molecular flexibility index (Phi) is 4.58. The van der Waals surface area contributed by atoms with E-state index in [1.807, 2.05) is 0 Å². The zero-order valence-corrected chi connectivity index (χ0v) is 14.6. The molecule has 0 aliphatic rings. The van der Waals surface area contributed by atoms with Gasteiger partial charge in [-0.05, 0) is 42.3 Å². The van der Waals surface area contributed by atoms with Gasteiger partial charge in [0.15, 0.2) is 17.1 Å². The number of aromatic hydroxyl groups is 2. The predicted octanol–water partition coefficient (Wildman–Crippen LogP) is 4.15. The molecule has 2 aromatic carbocycles. The van der Waals surface area contributed by atoms with Crippen LogP contribution in [-0.2, 0) is 0 Å². The third-order valence-corrected chi connectivity index (χ3v) is 4.04. The van der Waals surface area contributed by atoms with E-state index < -0.39 is 5.78 Å². The number of allylic oxidation sites excluding steroid dienone is 1. The van der Waals surface area contributed by atoms with E-state index in [2.05, 4.69) is 0 Å². The molecule has 0 unspecified atom stereocenters. The highest BCUT2D eigenvalue weighted by Gasteiger charge is 2.28. The van der Waals surface area contributed by atoms with E-state index in [-0.39, 0.29) is 28.6 Å². The topological polar surface area (TPSA) is 89.1 Å². The van der Waals surface area contributed by atoms with Crippen LogP contribution in [0, 0.1) is 0 Å². The Hall–Kier alpha value is -3.41. The molecule has 134 valence electrons. The van der Waals surface area contributed by atoms with Gasteiger partial charge in [0, 0.05) is 0 Å². The Bertz CT molecular complexity index is 1010. The number of phenolic OH excluding ortho intramolecular Hbond substituents is 2. The molecule has 3 aromatic rings. The van der Waals surface area contributed by atoms with Crippen LogP contribution in [0.3, 0.4) is 0 Å². The fourth-order valence-corrected chi connectivity index (χ4v) is 2.87. The Labute approximate surface area is 149 Å². The number of Topliss-reactive ketones (excluding diaryl/α,β-unsaturated/α-hetero) is 1. The lowest BCUT2D eigenvalue weighted by molar-refractivity contribution is 0.102. The van der Waals surface area contributed by atoms with Crippen LogP contribution in [0.1, 0.15) is 22.8 Å². The minimum Gasteiger partial charge on any atom is -0.508 e. The lowest BCUT2D eigenvalue weighted by atomic mass is 9.98. The summed E-state index contributed by atoms with van der Waals surface area (Å²) in [5, 5.41) is 20.7. The van der Waals surface area contributed by atoms with E-state index >= 15 is 0 Å². The number of furan rings is 1. The van der Waals surface area contributed by atoms with E-state index in [1.165, 1.54) is 26.5 Å². The number of fused-ring (bicyclic) bond motifs is 1. The summed E-state index contributed by atoms with van der Waals surface area (Å²) in [6.07, 6.45) is 3.05. The predicted molar refractivity (Wildman–Crippen MR) is 97.1 cm³/mol. The first-order valence-electron chi connectivity index (χ1n) is 7.84. The highest BCUT2D eigenvalue weighted by Crippen LogP contribution is 2.46. The van der Waals surface area contributed by atoms with Gasteiger partial charge in [0.2, 0.25) is 5.75 Å². The van der Waals surface area contributed by atoms with Crippen molar-refractivity contribution >= 4 is 22.8 Å². The van der Waals surface area contributed by atoms with Crippen molar-refractivity contribution in [2.75, 3.05) is 14.2 Å². The van der Waals surface area contributed by atoms with Crippen molar-refractivity contribution in [3.8, 4) is 23.0 Å². The molecule has 0 saturated carbocycles. The number of ketones is 1. The van der Waals surface area contributed by atoms with Gasteiger partial charge < -0.3 is 24.1 Å². The van der Waals surface area contributed by atoms with Crippen molar-refractivity contribution in [1.29, 1.82) is 0 Å². The lowest BCUT2D eigenvalue weighted by Gasteiger charge is -2.14. The number of rotatable bonds is 5. The second-order valence-electron chi connectivity index (χ2n) is 5.70. The molecular weight excluding hydrogens is 336 g/mol. The van der Waals surface area contributed by atoms with Crippen molar-refractivity contribution in [2.24, 2.45) is 0 Å². The zero-order valence-electron chi connectivity index (χ0n) is 14.6. The molecule has 1 heterocycles. The summed E-state index contributed by atoms with van der Waals surface area (Å²) in [5.41, 5.74) is 1.31. The quantitative estimate of drug-likeness (QED) is 0.528. The molecule has 1 aromatic heterocycles. The molecular formula is C20H18O6. The summed E-state index contributed by atoms with van der Waals surface area (Å²) in [4.78, 5) is 13.0. The Morgan fingerprint density at radius 3 is 2.50 bits per heavy atom. The van der Waals surface area contributed by atoms with Crippen LogP contribution in [0.25, 0.3) is 17.0 Å². The summed E-state index contributed by atoms with van der Waals surface area (Å²) < 4.78 is 15.9. The van der Waals surface area contributed by atoms with E-state index in [4.69, 9.17) is 13.9 Å². The molecule has 0 bridgehead atoms. The van der Waals surface area contributed by atoms with Gasteiger partial charge >= 0.3 is 0 Å². The lowest BCUT2D eigenvalue weighted by Crippen LogP contribution is -2.06. The summed E-state index contributed by atoms with van der Waals surface area (Å²) >= 11 is 0. The summed E-state index contributed by atoms with van der Waals surface area (Å²) in [6.45, 7) is 1.62. The minimum atomic E-state index is -0.427. The molecule has 0 amide bonds. The summed E-state index contributed by atoms with van der Waals surface area (Å²) in [6, 6.07) is 8.15. The standard InChI is InChI=1S/C20H18O6/c1-11(9-12-5-4-6-13(21)10-12)16(22)15-17(23)20(25-3)19-14(7-8-26-19)18(15)24-2/h4-10,21,23H,1-3H3/b11-9+. The minimum absolute atomic E-state index is 0.00727. The zero-order chi connectivity index (χ0) is 18.8. The van der Waals surface area contributed by atoms with Crippen LogP contribution in [0.4, 0.5) is 0 Å². The molecule has 0 atom stereocenters. The molecule has 0 fully saturated rings. The molecule has 2 N–H and O–H groups in total. The number of carbonyl (C=O) groups is 1. The maximum atomic E-state index is 13.0. The van der Waals surface area contributed by atoms with Gasteiger partial charge in [-0.25, -0.2) is 0 Å². The fraction of sp³-hybridized carbons (Fsp3) is 0.150. The number of methoxy groups -OCH3 is 2. The maximum Gasteiger partial charge on any atom is 0.205 e. The second kappa shape index (κ2) is 6.84. The van der Waals surface area contributed by atoms with Gasteiger partial charge in [-0.2, -0.15) is 0 Å². The van der Waals surface area contributed by atoms with Crippen molar-refractivity contribution in [3.05, 3.63) is 53.3 Å². The largest absolute Gasteiger partial charge is 0.508 e. The molecule has 26 heavy (non-hydrogen) atoms. The van der Waals surface area contributed by atoms with E-state index in [0.717, 1.165) is 0 Å². The first-order valence-corrected chi connectivity index (χ1v) is 7.84. The van der Waals surface area contributed by atoms with E-state index in [0.29, 0.717) is 22.1 Å². The van der Waals surface area contributed by atoms with Crippen LogP contribution in [0.5, 0.6) is 23.0 Å². The number of benzene rings is 2. The number of phenols is 2. The average molecular weight is 354 g/mol. The van der Waals surface area contributed by atoms with Gasteiger partial charge in [-0.1, -0.05) is 12.1 Å². The van der Waals surface area contributed by atoms with Crippen LogP contribution >= 0.6 is 0 Å². The van der Waals surface area contributed by atoms with Gasteiger partial charge in [-0.3, -0.25) is 4.79 Å². The van der Waals surface area contributed by atoms with Gasteiger partial charge in [-0.15, -0.1) is 0 Å². The Morgan fingerprint density at radius 2 is 1.85 bits per heavy atom. The third kappa shape index (κ3) is 2.86. The van der Waals surface area contributed by atoms with Crippen molar-refractivity contribution < 1.29 is 28.9 Å². The Morgan fingerprint density at radius 1 is 1.12 bits per heavy atom. The third-order valence-electron chi connectivity index (χ3n) is 4.04. The highest BCUT2D eigenvalue weighted by molar-refractivity contribution is 6.17. The number of ether oxygens (including phenoxy) is 2. The van der Waals surface area contributed by atoms with E-state index in [1.54, 1.807) is 37.3 Å². The van der Waals surface area contributed by atoms with Crippen LogP contribution in [-0.4, -0.2) is 30.2 Å². The monoisotopic (exact) mass is 354 g/mol. The average Bonchev–Trinajstić information content (AvgIpc) is 3.09. The molecule has 0 radical (unpaired) electrons. The van der Waals surface area contributed by atoms with Gasteiger partial charge in [0.25, 0.3) is 0 Å². The number of hydrogen-bond acceptors (Lipinski definition) is 6. The molecule has 0 aliphatic heterocycles. The number of hydrogen-bond donors (Lipinski definition) is 2. The Balaban J connectivity index is 2.17. The second-order valence-corrected chi connectivity index (χ2v) is 5.70. The van der Waals surface area contributed by atoms with Crippen LogP contribution in [0.2, 0.25) is 0 Å². The number of carbonyl (C=O) groups excluding carboxylic acids is 1. The van der Waals surface area contributed by atoms with Crippen molar-refractivity contribution in [1.82, 2.24) is 0 Å². The molecule has 0 spiro atoms. The van der Waals surface area contributed by atoms with Crippen molar-refractivity contribution in [3.63, 3.8) is 0 Å². The molecule has 6 heteroatoms. The van der Waals surface area contributed by atoms with E-state index in [9.17, 15) is 15.0 Å². The molecule has 3 rings (SSSR count). The SMILES string of the molecule is COc1c(C(=O)/C(C)=C/c2cccc(O)c2)c(O)c(OC)c2occc12. The molecule has 0 saturated heterocycles. The summed E-state index contributed by atoms with van der Waals surface area (Å²) in [5.74, 6) is -0.398. The molecule has 6 nitrogen and oxygen atoms in total. The first kappa shape index (κ1) is 17.4. The summed E-state index contributed by atoms with van der Waals surface area (Å²) in [7, 11) is 2.80. The smallest absolute Gasteiger partial charge is 0.205 e. The first-order chi connectivity index (χ1) is 12.5. The highest BCUT2D eigenvalue weighted by atomic mass is 16.5. The van der Waals surface area contributed by atoms with Crippen LogP contribution < -0.4 is 9.47 Å². The van der Waals surface area contributed by atoms with Crippen molar-refractivity contribution in [2.45, 2.75) is 6.92 Å². The maximum absolute atomic E-state index is 13.0. The van der Waals surface area contributed by atoms with Gasteiger partial charge in [0.1, 0.15) is 17.1 Å². The van der Waals surface area contributed by atoms with Gasteiger partial charge in [0.05, 0.1) is 25.9 Å². The molecule has 0 aliphatic carbocycles. The fourth-order valence-electron chi connectivity index (χ4n) is 2.87. The van der Waals surface area contributed by atoms with Crippen LogP contribution in [0.15, 0.2) is 46.6 Å².